The summed E-state index contributed by atoms with van der Waals surface area (Å²) in [5.74, 6) is -0.199. The van der Waals surface area contributed by atoms with Crippen LogP contribution in [0, 0.1) is 0 Å². The van der Waals surface area contributed by atoms with Crippen molar-refractivity contribution >= 4 is 16.7 Å². The normalized spacial score (nSPS) is 20.3. The third-order valence-corrected chi connectivity index (χ3v) is 4.61. The molecule has 0 unspecified atom stereocenters. The average Bonchev–Trinajstić information content (AvgIpc) is 3.26. The van der Waals surface area contributed by atoms with Crippen molar-refractivity contribution in [3.05, 3.63) is 66.0 Å². The Morgan fingerprint density at radius 3 is 2.83 bits per heavy atom. The molecule has 2 atom stereocenters. The lowest BCUT2D eigenvalue weighted by Crippen LogP contribution is -2.36. The Bertz CT molecular complexity index is 873. The first-order valence-electron chi connectivity index (χ1n) is 8.10. The van der Waals surface area contributed by atoms with Crippen molar-refractivity contribution < 1.29 is 9.90 Å². The van der Waals surface area contributed by atoms with Gasteiger partial charge in [0.1, 0.15) is 5.75 Å². The summed E-state index contributed by atoms with van der Waals surface area (Å²) >= 11 is 0. The third-order valence-electron chi connectivity index (χ3n) is 4.61. The number of hydrogen-bond acceptors (Lipinski definition) is 3. The van der Waals surface area contributed by atoms with Crippen LogP contribution in [0.15, 0.2) is 54.7 Å². The largest absolute Gasteiger partial charge is 0.506 e. The second-order valence-electron chi connectivity index (χ2n) is 6.18. The predicted octanol–water partition coefficient (Wildman–Crippen LogP) is 2.71. The van der Waals surface area contributed by atoms with Crippen LogP contribution in [0.5, 0.6) is 5.75 Å². The first-order valence-corrected chi connectivity index (χ1v) is 8.10. The molecule has 0 saturated carbocycles. The number of aromatic hydroxyl groups is 1. The molecule has 4 rings (SSSR count). The van der Waals surface area contributed by atoms with Gasteiger partial charge in [0.15, 0.2) is 0 Å². The number of aromatic amines is 1. The van der Waals surface area contributed by atoms with Crippen LogP contribution in [-0.2, 0) is 0 Å². The van der Waals surface area contributed by atoms with Gasteiger partial charge in [-0.2, -0.15) is 0 Å². The van der Waals surface area contributed by atoms with Crippen LogP contribution in [0.2, 0.25) is 0 Å². The van der Waals surface area contributed by atoms with Crippen LogP contribution in [-0.4, -0.2) is 28.6 Å². The quantitative estimate of drug-likeness (QED) is 0.599. The maximum atomic E-state index is 12.6. The van der Waals surface area contributed by atoms with Gasteiger partial charge in [0.2, 0.25) is 0 Å². The summed E-state index contributed by atoms with van der Waals surface area (Å²) in [5.41, 5.74) is 1.44. The molecule has 1 amide bonds. The molecule has 0 aliphatic carbocycles. The molecule has 5 heteroatoms. The first-order chi connectivity index (χ1) is 11.7. The molecule has 122 valence electrons. The number of carbonyl (C=O) groups is 1. The molecule has 0 radical (unpaired) electrons. The van der Waals surface area contributed by atoms with Gasteiger partial charge in [-0.3, -0.25) is 4.79 Å². The molecule has 1 aromatic heterocycles. The number of amides is 1. The third kappa shape index (κ3) is 2.63. The molecule has 4 N–H and O–H groups in total. The lowest BCUT2D eigenvalue weighted by atomic mass is 10.0. The number of benzene rings is 2. The van der Waals surface area contributed by atoms with Gasteiger partial charge in [-0.15, -0.1) is 0 Å². The van der Waals surface area contributed by atoms with Crippen LogP contribution < -0.4 is 10.6 Å². The maximum absolute atomic E-state index is 12.6. The van der Waals surface area contributed by atoms with Gasteiger partial charge in [0, 0.05) is 35.9 Å². The molecule has 1 fully saturated rings. The van der Waals surface area contributed by atoms with Crippen molar-refractivity contribution in [2.75, 3.05) is 6.54 Å². The van der Waals surface area contributed by atoms with Crippen LogP contribution in [0.25, 0.3) is 10.8 Å². The van der Waals surface area contributed by atoms with Gasteiger partial charge in [0.05, 0.1) is 5.56 Å². The minimum Gasteiger partial charge on any atom is -0.506 e. The molecule has 1 aliphatic heterocycles. The molecule has 2 aromatic carbocycles. The fourth-order valence-corrected chi connectivity index (χ4v) is 3.35. The van der Waals surface area contributed by atoms with Gasteiger partial charge >= 0.3 is 0 Å². The van der Waals surface area contributed by atoms with E-state index in [1.54, 1.807) is 6.07 Å². The SMILES string of the molecule is O=C(N[C@@H]1CN[C@H](c2ccc[nH]2)C1)c1ccc2ccccc2c1O. The molecular formula is C19H19N3O2. The van der Waals surface area contributed by atoms with E-state index in [0.29, 0.717) is 17.5 Å². The average molecular weight is 321 g/mol. The number of phenols is 1. The van der Waals surface area contributed by atoms with E-state index < -0.39 is 0 Å². The molecule has 1 aliphatic rings. The van der Waals surface area contributed by atoms with E-state index >= 15 is 0 Å². The molecule has 0 spiro atoms. The van der Waals surface area contributed by atoms with Crippen LogP contribution >= 0.6 is 0 Å². The van der Waals surface area contributed by atoms with Gasteiger partial charge < -0.3 is 20.7 Å². The summed E-state index contributed by atoms with van der Waals surface area (Å²) in [4.78, 5) is 15.8. The van der Waals surface area contributed by atoms with E-state index in [9.17, 15) is 9.90 Å². The Kier molecular flexibility index (Phi) is 3.70. The van der Waals surface area contributed by atoms with Gasteiger partial charge in [0.25, 0.3) is 5.91 Å². The molecule has 5 nitrogen and oxygen atoms in total. The van der Waals surface area contributed by atoms with Crippen LogP contribution in [0.3, 0.4) is 0 Å². The number of aromatic nitrogens is 1. The number of carbonyl (C=O) groups excluding carboxylic acids is 1. The van der Waals surface area contributed by atoms with Crippen LogP contribution in [0.1, 0.15) is 28.5 Å². The van der Waals surface area contributed by atoms with Gasteiger partial charge in [-0.05, 0) is 30.0 Å². The molecular weight excluding hydrogens is 302 g/mol. The second kappa shape index (κ2) is 6.02. The Hall–Kier alpha value is -2.79. The van der Waals surface area contributed by atoms with E-state index in [0.717, 1.165) is 17.5 Å². The molecule has 0 bridgehead atoms. The van der Waals surface area contributed by atoms with Crippen molar-refractivity contribution in [3.63, 3.8) is 0 Å². The maximum Gasteiger partial charge on any atom is 0.255 e. The van der Waals surface area contributed by atoms with Gasteiger partial charge in [-0.25, -0.2) is 0 Å². The summed E-state index contributed by atoms with van der Waals surface area (Å²) in [6, 6.07) is 15.3. The number of nitrogens with one attached hydrogen (secondary N) is 3. The number of H-pyrrole nitrogens is 1. The smallest absolute Gasteiger partial charge is 0.255 e. The molecule has 2 heterocycles. The topological polar surface area (TPSA) is 77.2 Å². The number of rotatable bonds is 3. The second-order valence-corrected chi connectivity index (χ2v) is 6.18. The Labute approximate surface area is 139 Å². The van der Waals surface area contributed by atoms with E-state index in [-0.39, 0.29) is 23.7 Å². The highest BCUT2D eigenvalue weighted by atomic mass is 16.3. The number of phenolic OH excluding ortho intramolecular Hbond substituents is 1. The van der Waals surface area contributed by atoms with E-state index in [2.05, 4.69) is 15.6 Å². The minimum absolute atomic E-state index is 0.0386. The highest BCUT2D eigenvalue weighted by molar-refractivity contribution is 6.03. The lowest BCUT2D eigenvalue weighted by molar-refractivity contribution is 0.0937. The first kappa shape index (κ1) is 14.8. The Morgan fingerprint density at radius 1 is 1.12 bits per heavy atom. The summed E-state index contributed by atoms with van der Waals surface area (Å²) in [6.07, 6.45) is 2.72. The van der Waals surface area contributed by atoms with E-state index in [1.165, 1.54) is 0 Å². The Morgan fingerprint density at radius 2 is 2.00 bits per heavy atom. The van der Waals surface area contributed by atoms with Crippen molar-refractivity contribution in [1.82, 2.24) is 15.6 Å². The van der Waals surface area contributed by atoms with Crippen molar-refractivity contribution in [2.24, 2.45) is 0 Å². The standard InChI is InChI=1S/C19H19N3O2/c23-18-14-5-2-1-4-12(14)7-8-15(18)19(24)22-13-10-17(21-11-13)16-6-3-9-20-16/h1-9,13,17,20-21,23H,10-11H2,(H,22,24)/t13-,17-/m0/s1. The fourth-order valence-electron chi connectivity index (χ4n) is 3.35. The number of hydrogen-bond donors (Lipinski definition) is 4. The summed E-state index contributed by atoms with van der Waals surface area (Å²) in [5, 5.41) is 18.4. The highest BCUT2D eigenvalue weighted by Crippen LogP contribution is 2.29. The van der Waals surface area contributed by atoms with Crippen molar-refractivity contribution in [1.29, 1.82) is 0 Å². The number of fused-ring (bicyclic) bond motifs is 1. The zero-order valence-corrected chi connectivity index (χ0v) is 13.1. The monoisotopic (exact) mass is 321 g/mol. The van der Waals surface area contributed by atoms with E-state index in [4.69, 9.17) is 0 Å². The van der Waals surface area contributed by atoms with Crippen LogP contribution in [0.4, 0.5) is 0 Å². The Balaban J connectivity index is 1.50. The van der Waals surface area contributed by atoms with Crippen molar-refractivity contribution in [2.45, 2.75) is 18.5 Å². The summed E-state index contributed by atoms with van der Waals surface area (Å²) < 4.78 is 0. The minimum atomic E-state index is -0.239. The summed E-state index contributed by atoms with van der Waals surface area (Å²) in [7, 11) is 0. The predicted molar refractivity (Wildman–Crippen MR) is 93.0 cm³/mol. The van der Waals surface area contributed by atoms with Gasteiger partial charge in [-0.1, -0.05) is 30.3 Å². The highest BCUT2D eigenvalue weighted by Gasteiger charge is 2.27. The molecule has 1 saturated heterocycles. The van der Waals surface area contributed by atoms with E-state index in [1.807, 2.05) is 48.7 Å². The van der Waals surface area contributed by atoms with Crippen molar-refractivity contribution in [3.8, 4) is 5.75 Å². The zero-order valence-electron chi connectivity index (χ0n) is 13.1. The molecule has 3 aromatic rings. The molecule has 24 heavy (non-hydrogen) atoms. The lowest BCUT2D eigenvalue weighted by Gasteiger charge is -2.13. The fraction of sp³-hybridized carbons (Fsp3) is 0.211. The zero-order chi connectivity index (χ0) is 16.5. The summed E-state index contributed by atoms with van der Waals surface area (Å²) in [6.45, 7) is 0.712.